The quantitative estimate of drug-likeness (QED) is 0.676. The molecule has 0 spiro atoms. The van der Waals surface area contributed by atoms with E-state index in [0.29, 0.717) is 11.5 Å². The lowest BCUT2D eigenvalue weighted by atomic mass is 9.72. The van der Waals surface area contributed by atoms with Crippen molar-refractivity contribution in [2.45, 2.75) is 53.0 Å². The molecule has 1 atom stereocenters. The summed E-state index contributed by atoms with van der Waals surface area (Å²) < 4.78 is 0.989. The van der Waals surface area contributed by atoms with Gasteiger partial charge in [0.1, 0.15) is 6.04 Å². The van der Waals surface area contributed by atoms with Crippen molar-refractivity contribution in [1.82, 2.24) is 0 Å². The van der Waals surface area contributed by atoms with Gasteiger partial charge in [0.2, 0.25) is 0 Å². The maximum atomic E-state index is 2.39. The van der Waals surface area contributed by atoms with Gasteiger partial charge in [0.05, 0.1) is 21.1 Å². The van der Waals surface area contributed by atoms with E-state index in [9.17, 15) is 0 Å². The fourth-order valence-corrected chi connectivity index (χ4v) is 2.50. The van der Waals surface area contributed by atoms with Crippen LogP contribution in [-0.2, 0) is 0 Å². The fraction of sp³-hybridized carbons (Fsp3) is 0.750. The molecule has 18 heavy (non-hydrogen) atoms. The van der Waals surface area contributed by atoms with Crippen LogP contribution >= 0.6 is 0 Å². The van der Waals surface area contributed by atoms with E-state index < -0.39 is 0 Å². The Morgan fingerprint density at radius 1 is 1.22 bits per heavy atom. The summed E-state index contributed by atoms with van der Waals surface area (Å²) >= 11 is 0. The Bertz CT molecular complexity index is 331. The highest BCUT2D eigenvalue weighted by Gasteiger charge is 2.27. The van der Waals surface area contributed by atoms with Crippen LogP contribution in [0.15, 0.2) is 23.3 Å². The molecule has 0 aliphatic heterocycles. The van der Waals surface area contributed by atoms with Gasteiger partial charge in [-0.3, -0.25) is 0 Å². The van der Waals surface area contributed by atoms with Crippen molar-refractivity contribution in [3.05, 3.63) is 23.3 Å². The summed E-state index contributed by atoms with van der Waals surface area (Å²) in [4.78, 5) is 0. The molecular weight excluding hydrogens is 242 g/mol. The second-order valence-electron chi connectivity index (χ2n) is 7.15. The number of quaternary nitrogens is 1. The van der Waals surface area contributed by atoms with Crippen LogP contribution in [0.2, 0.25) is 0 Å². The van der Waals surface area contributed by atoms with Crippen molar-refractivity contribution >= 4 is 0 Å². The van der Waals surface area contributed by atoms with Gasteiger partial charge in [-0.1, -0.05) is 25.5 Å². The second-order valence-corrected chi connectivity index (χ2v) is 7.15. The topological polar surface area (TPSA) is 0 Å². The summed E-state index contributed by atoms with van der Waals surface area (Å²) in [6.07, 6.45) is 8.72. The van der Waals surface area contributed by atoms with Gasteiger partial charge in [-0.2, -0.15) is 0 Å². The molecule has 0 heterocycles. The summed E-state index contributed by atoms with van der Waals surface area (Å²) in [5.74, 6) is 0. The molecule has 0 radical (unpaired) electrons. The lowest BCUT2D eigenvalue weighted by molar-refractivity contribution is -0.887. The summed E-state index contributed by atoms with van der Waals surface area (Å²) in [6.45, 7) is 9.36. The SMILES string of the molecule is CC1=C(/C=C/C(C)[N+](C)(C)C)C(C)(C)CCC1.[Cl-]. The fourth-order valence-electron chi connectivity index (χ4n) is 2.50. The number of halogens is 1. The molecule has 0 N–H and O–H groups in total. The van der Waals surface area contributed by atoms with Crippen LogP contribution in [0.1, 0.15) is 47.0 Å². The molecule has 1 unspecified atom stereocenters. The van der Waals surface area contributed by atoms with Crippen LogP contribution in [0.5, 0.6) is 0 Å². The van der Waals surface area contributed by atoms with Gasteiger partial charge in [0.15, 0.2) is 0 Å². The van der Waals surface area contributed by atoms with E-state index in [2.05, 4.69) is 61.0 Å². The summed E-state index contributed by atoms with van der Waals surface area (Å²) in [5.41, 5.74) is 3.53. The van der Waals surface area contributed by atoms with Crippen LogP contribution in [0.4, 0.5) is 0 Å². The summed E-state index contributed by atoms with van der Waals surface area (Å²) in [5, 5.41) is 0. The Morgan fingerprint density at radius 2 is 1.78 bits per heavy atom. The molecule has 0 bridgehead atoms. The second kappa shape index (κ2) is 6.25. The van der Waals surface area contributed by atoms with E-state index >= 15 is 0 Å². The summed E-state index contributed by atoms with van der Waals surface area (Å²) in [7, 11) is 6.76. The Hall–Kier alpha value is -0.270. The van der Waals surface area contributed by atoms with E-state index in [0.717, 1.165) is 4.48 Å². The third-order valence-electron chi connectivity index (χ3n) is 4.31. The third-order valence-corrected chi connectivity index (χ3v) is 4.31. The van der Waals surface area contributed by atoms with Gasteiger partial charge >= 0.3 is 0 Å². The van der Waals surface area contributed by atoms with Crippen LogP contribution in [-0.4, -0.2) is 31.7 Å². The lowest BCUT2D eigenvalue weighted by Gasteiger charge is -2.34. The smallest absolute Gasteiger partial charge is 0.104 e. The predicted molar refractivity (Wildman–Crippen MR) is 77.0 cm³/mol. The van der Waals surface area contributed by atoms with Crippen LogP contribution < -0.4 is 12.4 Å². The highest BCUT2D eigenvalue weighted by atomic mass is 35.5. The molecule has 106 valence electrons. The molecule has 0 aromatic heterocycles. The Balaban J connectivity index is 0.00000289. The molecule has 1 aliphatic carbocycles. The Morgan fingerprint density at radius 3 is 2.22 bits per heavy atom. The number of likely N-dealkylation sites (N-methyl/N-ethyl adjacent to an activating group) is 1. The van der Waals surface area contributed by atoms with E-state index in [1.807, 2.05) is 0 Å². The highest BCUT2D eigenvalue weighted by Crippen LogP contribution is 2.40. The first-order chi connectivity index (χ1) is 7.64. The highest BCUT2D eigenvalue weighted by molar-refractivity contribution is 5.32. The molecule has 1 rings (SSSR count). The minimum absolute atomic E-state index is 0. The molecule has 0 aromatic rings. The molecule has 0 aromatic carbocycles. The standard InChI is InChI=1S/C16H30N.ClH/c1-13-9-8-12-16(3,4)15(13)11-10-14(2)17(5,6)7;/h10-11,14H,8-9,12H2,1-7H3;1H/q+1;/p-1/b11-10+;. The molecule has 1 nitrogen and oxygen atoms in total. The average Bonchev–Trinajstić information content (AvgIpc) is 2.14. The minimum Gasteiger partial charge on any atom is -1.00 e. The lowest BCUT2D eigenvalue weighted by Crippen LogP contribution is -3.00. The molecule has 0 amide bonds. The number of allylic oxidation sites excluding steroid dienone is 3. The van der Waals surface area contributed by atoms with Gasteiger partial charge < -0.3 is 16.9 Å². The van der Waals surface area contributed by atoms with Gasteiger partial charge in [0, 0.05) is 0 Å². The molecule has 0 saturated carbocycles. The average molecular weight is 272 g/mol. The first kappa shape index (κ1) is 17.7. The van der Waals surface area contributed by atoms with Crippen molar-refractivity contribution < 1.29 is 16.9 Å². The van der Waals surface area contributed by atoms with E-state index in [1.54, 1.807) is 11.1 Å². The monoisotopic (exact) mass is 271 g/mol. The van der Waals surface area contributed by atoms with Crippen LogP contribution in [0.3, 0.4) is 0 Å². The maximum absolute atomic E-state index is 2.39. The number of rotatable bonds is 3. The first-order valence-corrected chi connectivity index (χ1v) is 6.84. The number of hydrogen-bond acceptors (Lipinski definition) is 0. The first-order valence-electron chi connectivity index (χ1n) is 6.84. The molecular formula is C16H30ClN. The van der Waals surface area contributed by atoms with Gasteiger partial charge in [-0.05, 0) is 50.2 Å². The zero-order chi connectivity index (χ0) is 13.3. The van der Waals surface area contributed by atoms with Crippen LogP contribution in [0.25, 0.3) is 0 Å². The van der Waals surface area contributed by atoms with Crippen molar-refractivity contribution in [3.63, 3.8) is 0 Å². The largest absolute Gasteiger partial charge is 1.00 e. The molecule has 1 aliphatic rings. The normalized spacial score (nSPS) is 21.9. The number of hydrogen-bond donors (Lipinski definition) is 0. The molecule has 0 saturated heterocycles. The van der Waals surface area contributed by atoms with E-state index in [4.69, 9.17) is 0 Å². The predicted octanol–water partition coefficient (Wildman–Crippen LogP) is 1.17. The zero-order valence-electron chi connectivity index (χ0n) is 13.2. The maximum Gasteiger partial charge on any atom is 0.104 e. The molecule has 0 fully saturated rings. The Kier molecular flexibility index (Phi) is 6.16. The van der Waals surface area contributed by atoms with E-state index in [-0.39, 0.29) is 12.4 Å². The van der Waals surface area contributed by atoms with Crippen molar-refractivity contribution in [2.24, 2.45) is 5.41 Å². The van der Waals surface area contributed by atoms with Crippen molar-refractivity contribution in [2.75, 3.05) is 21.1 Å². The van der Waals surface area contributed by atoms with E-state index in [1.165, 1.54) is 19.3 Å². The van der Waals surface area contributed by atoms with Gasteiger partial charge in [-0.25, -0.2) is 0 Å². The van der Waals surface area contributed by atoms with Crippen LogP contribution in [0, 0.1) is 5.41 Å². The van der Waals surface area contributed by atoms with Crippen molar-refractivity contribution in [3.8, 4) is 0 Å². The van der Waals surface area contributed by atoms with Gasteiger partial charge in [-0.15, -0.1) is 0 Å². The van der Waals surface area contributed by atoms with Crippen molar-refractivity contribution in [1.29, 1.82) is 0 Å². The molecule has 2 heteroatoms. The zero-order valence-corrected chi connectivity index (χ0v) is 13.9. The van der Waals surface area contributed by atoms with Gasteiger partial charge in [0.25, 0.3) is 0 Å². The number of nitrogens with zero attached hydrogens (tertiary/aromatic N) is 1. The Labute approximate surface area is 120 Å². The minimum atomic E-state index is 0. The summed E-state index contributed by atoms with van der Waals surface area (Å²) in [6, 6.07) is 0.563. The third kappa shape index (κ3) is 4.44.